The molecule has 5 heteroatoms. The number of aryl methyl sites for hydroxylation is 1. The maximum atomic E-state index is 12.9. The number of carbonyl (C=O) groups is 2. The Bertz CT molecular complexity index is 813. The van der Waals surface area contributed by atoms with E-state index in [1.807, 2.05) is 62.1 Å². The average molecular weight is 351 g/mol. The molecule has 1 heterocycles. The first-order valence-corrected chi connectivity index (χ1v) is 8.99. The lowest BCUT2D eigenvalue weighted by Gasteiger charge is -2.18. The molecule has 0 bridgehead atoms. The number of amides is 3. The highest BCUT2D eigenvalue weighted by molar-refractivity contribution is 6.07. The van der Waals surface area contributed by atoms with Crippen molar-refractivity contribution in [2.75, 3.05) is 11.4 Å². The highest BCUT2D eigenvalue weighted by atomic mass is 16.2. The predicted molar refractivity (Wildman–Crippen MR) is 104 cm³/mol. The van der Waals surface area contributed by atoms with Crippen molar-refractivity contribution in [2.24, 2.45) is 0 Å². The summed E-state index contributed by atoms with van der Waals surface area (Å²) in [4.78, 5) is 26.5. The third-order valence-corrected chi connectivity index (χ3v) is 4.46. The van der Waals surface area contributed by atoms with Crippen molar-refractivity contribution in [3.05, 3.63) is 64.7 Å². The molecule has 136 valence electrons. The molecule has 2 aromatic rings. The third kappa shape index (κ3) is 4.04. The van der Waals surface area contributed by atoms with Crippen LogP contribution in [0.3, 0.4) is 0 Å². The van der Waals surface area contributed by atoms with E-state index in [0.29, 0.717) is 18.7 Å². The molecule has 0 atom stereocenters. The van der Waals surface area contributed by atoms with E-state index < -0.39 is 0 Å². The van der Waals surface area contributed by atoms with Gasteiger partial charge in [-0.25, -0.2) is 4.79 Å². The van der Waals surface area contributed by atoms with Gasteiger partial charge in [0.15, 0.2) is 0 Å². The Labute approximate surface area is 154 Å². The molecule has 0 radical (unpaired) electrons. The number of hydrogen-bond donors (Lipinski definition) is 2. The molecule has 0 saturated carbocycles. The van der Waals surface area contributed by atoms with Crippen LogP contribution in [-0.2, 0) is 13.0 Å². The van der Waals surface area contributed by atoms with Crippen LogP contribution in [0, 0.1) is 6.92 Å². The van der Waals surface area contributed by atoms with Gasteiger partial charge in [-0.3, -0.25) is 4.79 Å². The largest absolute Gasteiger partial charge is 0.336 e. The van der Waals surface area contributed by atoms with Crippen LogP contribution >= 0.6 is 0 Å². The second-order valence-electron chi connectivity index (χ2n) is 7.02. The van der Waals surface area contributed by atoms with E-state index in [2.05, 4.69) is 16.7 Å². The molecule has 0 aromatic heterocycles. The van der Waals surface area contributed by atoms with Crippen LogP contribution in [0.4, 0.5) is 10.5 Å². The van der Waals surface area contributed by atoms with Crippen LogP contribution in [0.25, 0.3) is 0 Å². The molecule has 5 nitrogen and oxygen atoms in total. The van der Waals surface area contributed by atoms with E-state index in [1.54, 1.807) is 0 Å². The summed E-state index contributed by atoms with van der Waals surface area (Å²) in [5, 5.41) is 5.65. The van der Waals surface area contributed by atoms with Crippen LogP contribution in [0.15, 0.2) is 42.5 Å². The lowest BCUT2D eigenvalue weighted by atomic mass is 10.1. The van der Waals surface area contributed by atoms with Crippen LogP contribution in [0.2, 0.25) is 0 Å². The molecule has 0 unspecified atom stereocenters. The minimum absolute atomic E-state index is 0.0198. The highest BCUT2D eigenvalue weighted by Crippen LogP contribution is 2.30. The van der Waals surface area contributed by atoms with Crippen molar-refractivity contribution in [1.82, 2.24) is 10.6 Å². The summed E-state index contributed by atoms with van der Waals surface area (Å²) < 4.78 is 0. The number of fused-ring (bicyclic) bond motifs is 1. The second kappa shape index (κ2) is 7.60. The number of carbonyl (C=O) groups excluding carboxylic acids is 2. The second-order valence-corrected chi connectivity index (χ2v) is 7.02. The zero-order valence-corrected chi connectivity index (χ0v) is 15.5. The van der Waals surface area contributed by atoms with Gasteiger partial charge in [0.05, 0.1) is 0 Å². The summed E-state index contributed by atoms with van der Waals surface area (Å²) in [6.07, 6.45) is 0.856. The molecule has 3 rings (SSSR count). The minimum atomic E-state index is -0.187. The number of rotatable bonds is 4. The van der Waals surface area contributed by atoms with Crippen molar-refractivity contribution in [1.29, 1.82) is 0 Å². The molecule has 0 spiro atoms. The van der Waals surface area contributed by atoms with Crippen molar-refractivity contribution in [3.8, 4) is 0 Å². The molecule has 2 N–H and O–H groups in total. The Morgan fingerprint density at radius 1 is 1.12 bits per heavy atom. The molecule has 2 aromatic carbocycles. The smallest absolute Gasteiger partial charge is 0.315 e. The lowest BCUT2D eigenvalue weighted by Crippen LogP contribution is -2.39. The Morgan fingerprint density at radius 2 is 1.85 bits per heavy atom. The number of urea groups is 1. The van der Waals surface area contributed by atoms with Crippen molar-refractivity contribution < 1.29 is 9.59 Å². The first kappa shape index (κ1) is 18.0. The zero-order valence-electron chi connectivity index (χ0n) is 15.5. The van der Waals surface area contributed by atoms with Crippen molar-refractivity contribution in [3.63, 3.8) is 0 Å². The normalized spacial score (nSPS) is 12.8. The fourth-order valence-electron chi connectivity index (χ4n) is 3.09. The maximum absolute atomic E-state index is 12.9. The Balaban J connectivity index is 1.73. The SMILES string of the molecule is Cc1ccc(C(=O)N2CCc3ccc(CNC(=O)NC(C)C)cc32)cc1. The van der Waals surface area contributed by atoms with Gasteiger partial charge >= 0.3 is 6.03 Å². The van der Waals surface area contributed by atoms with Gasteiger partial charge < -0.3 is 15.5 Å². The number of hydrogen-bond acceptors (Lipinski definition) is 2. The molecule has 3 amide bonds. The van der Waals surface area contributed by atoms with Crippen molar-refractivity contribution >= 4 is 17.6 Å². The minimum Gasteiger partial charge on any atom is -0.336 e. The van der Waals surface area contributed by atoms with Gasteiger partial charge in [-0.15, -0.1) is 0 Å². The summed E-state index contributed by atoms with van der Waals surface area (Å²) >= 11 is 0. The van der Waals surface area contributed by atoms with Gasteiger partial charge in [-0.05, 0) is 56.5 Å². The first-order chi connectivity index (χ1) is 12.4. The highest BCUT2D eigenvalue weighted by Gasteiger charge is 2.25. The van der Waals surface area contributed by atoms with Crippen LogP contribution in [0.1, 0.15) is 40.9 Å². The zero-order chi connectivity index (χ0) is 18.7. The molecule has 1 aliphatic rings. The lowest BCUT2D eigenvalue weighted by molar-refractivity contribution is 0.0989. The summed E-state index contributed by atoms with van der Waals surface area (Å²) in [7, 11) is 0. The molecular formula is C21H25N3O2. The molecule has 0 saturated heterocycles. The number of anilines is 1. The van der Waals surface area contributed by atoms with E-state index in [1.165, 1.54) is 5.56 Å². The number of nitrogens with one attached hydrogen (secondary N) is 2. The molecular weight excluding hydrogens is 326 g/mol. The van der Waals surface area contributed by atoms with Crippen LogP contribution < -0.4 is 15.5 Å². The molecule has 26 heavy (non-hydrogen) atoms. The van der Waals surface area contributed by atoms with Gasteiger partial charge in [0.2, 0.25) is 0 Å². The monoisotopic (exact) mass is 351 g/mol. The van der Waals surface area contributed by atoms with Gasteiger partial charge in [-0.2, -0.15) is 0 Å². The fourth-order valence-corrected chi connectivity index (χ4v) is 3.09. The van der Waals surface area contributed by atoms with Gasteiger partial charge in [0.1, 0.15) is 0 Å². The Kier molecular flexibility index (Phi) is 5.26. The summed E-state index contributed by atoms with van der Waals surface area (Å²) in [6, 6.07) is 13.6. The maximum Gasteiger partial charge on any atom is 0.315 e. The van der Waals surface area contributed by atoms with E-state index in [4.69, 9.17) is 0 Å². The van der Waals surface area contributed by atoms with Crippen LogP contribution in [0.5, 0.6) is 0 Å². The molecule has 1 aliphatic heterocycles. The van der Waals surface area contributed by atoms with E-state index >= 15 is 0 Å². The first-order valence-electron chi connectivity index (χ1n) is 8.99. The fraction of sp³-hybridized carbons (Fsp3) is 0.333. The summed E-state index contributed by atoms with van der Waals surface area (Å²) in [6.45, 7) is 6.96. The van der Waals surface area contributed by atoms with Gasteiger partial charge in [0.25, 0.3) is 5.91 Å². The van der Waals surface area contributed by atoms with Gasteiger partial charge in [-0.1, -0.05) is 29.8 Å². The number of nitrogens with zero attached hydrogens (tertiary/aromatic N) is 1. The quantitative estimate of drug-likeness (QED) is 0.887. The molecule has 0 fully saturated rings. The molecule has 0 aliphatic carbocycles. The number of benzene rings is 2. The van der Waals surface area contributed by atoms with Crippen molar-refractivity contribution in [2.45, 2.75) is 39.8 Å². The Hall–Kier alpha value is -2.82. The van der Waals surface area contributed by atoms with E-state index in [0.717, 1.165) is 23.2 Å². The summed E-state index contributed by atoms with van der Waals surface area (Å²) in [5.41, 5.74) is 4.92. The van der Waals surface area contributed by atoms with Gasteiger partial charge in [0, 0.05) is 30.4 Å². The third-order valence-electron chi connectivity index (χ3n) is 4.46. The summed E-state index contributed by atoms with van der Waals surface area (Å²) in [5.74, 6) is 0.0198. The average Bonchev–Trinajstić information content (AvgIpc) is 3.02. The standard InChI is InChI=1S/C21H25N3O2/c1-14(2)23-21(26)22-13-16-6-9-17-10-11-24(19(17)12-16)20(25)18-7-4-15(3)5-8-18/h4-9,12,14H,10-11,13H2,1-3H3,(H2,22,23,26). The predicted octanol–water partition coefficient (Wildman–Crippen LogP) is 3.41. The topological polar surface area (TPSA) is 61.4 Å². The Morgan fingerprint density at radius 3 is 2.54 bits per heavy atom. The van der Waals surface area contributed by atoms with E-state index in [-0.39, 0.29) is 18.0 Å². The van der Waals surface area contributed by atoms with E-state index in [9.17, 15) is 9.59 Å². The van der Waals surface area contributed by atoms with Crippen LogP contribution in [-0.4, -0.2) is 24.5 Å².